The van der Waals surface area contributed by atoms with Gasteiger partial charge in [-0.2, -0.15) is 4.31 Å². The number of hydrogen-bond acceptors (Lipinski definition) is 7. The Labute approximate surface area is 289 Å². The second kappa shape index (κ2) is 17.9. The molecule has 0 radical (unpaired) electrons. The zero-order valence-corrected chi connectivity index (χ0v) is 29.1. The fourth-order valence-electron chi connectivity index (χ4n) is 5.93. The van der Waals surface area contributed by atoms with Crippen LogP contribution in [0.1, 0.15) is 54.0 Å². The zero-order chi connectivity index (χ0) is 35.4. The number of nitrogens with zero attached hydrogens (tertiary/aromatic N) is 1. The van der Waals surface area contributed by atoms with Crippen molar-refractivity contribution in [3.63, 3.8) is 0 Å². The zero-order valence-electron chi connectivity index (χ0n) is 28.2. The van der Waals surface area contributed by atoms with Gasteiger partial charge in [0.2, 0.25) is 10.0 Å². The van der Waals surface area contributed by atoms with Crippen LogP contribution in [-0.4, -0.2) is 67.2 Å². The lowest BCUT2D eigenvalue weighted by Gasteiger charge is -2.31. The van der Waals surface area contributed by atoms with Crippen LogP contribution in [0.2, 0.25) is 0 Å². The number of rotatable bonds is 17. The van der Waals surface area contributed by atoms with Crippen molar-refractivity contribution in [2.24, 2.45) is 5.92 Å². The summed E-state index contributed by atoms with van der Waals surface area (Å²) < 4.78 is 34.1. The first-order valence-electron chi connectivity index (χ1n) is 16.4. The number of carbonyl (C=O) groups excluding carboxylic acids is 2. The summed E-state index contributed by atoms with van der Waals surface area (Å²) in [7, 11) is -2.73. The molecule has 4 rings (SSSR count). The molecule has 2 atom stereocenters. The average Bonchev–Trinajstić information content (AvgIpc) is 3.11. The van der Waals surface area contributed by atoms with E-state index < -0.39 is 40.7 Å². The molecule has 0 aliphatic carbocycles. The molecule has 0 unspecified atom stereocenters. The summed E-state index contributed by atoms with van der Waals surface area (Å²) in [6.45, 7) is 3.63. The molecule has 0 spiro atoms. The number of Topliss-reactive ketones (excluding diaryl/α,β-unsaturated/α-hetero) is 1. The molecular weight excluding hydrogens is 641 g/mol. The van der Waals surface area contributed by atoms with Crippen molar-refractivity contribution in [3.05, 3.63) is 137 Å². The van der Waals surface area contributed by atoms with E-state index in [1.165, 1.54) is 23.5 Å². The Kier molecular flexibility index (Phi) is 13.7. The van der Waals surface area contributed by atoms with E-state index in [1.807, 2.05) is 98.8 Å². The third-order valence-electron chi connectivity index (χ3n) is 8.55. The summed E-state index contributed by atoms with van der Waals surface area (Å²) in [5, 5.41) is 22.8. The smallest absolute Gasteiger partial charge is 0.407 e. The van der Waals surface area contributed by atoms with Gasteiger partial charge in [0.05, 0.1) is 31.3 Å². The van der Waals surface area contributed by atoms with Crippen molar-refractivity contribution in [1.29, 1.82) is 0 Å². The first-order valence-corrected chi connectivity index (χ1v) is 17.9. The number of carbonyl (C=O) groups is 2. The maximum atomic E-state index is 14.1. The molecular formula is C39H46N2O7S. The van der Waals surface area contributed by atoms with Crippen molar-refractivity contribution in [3.8, 4) is 0 Å². The van der Waals surface area contributed by atoms with Gasteiger partial charge in [0.15, 0.2) is 5.78 Å². The van der Waals surface area contributed by atoms with E-state index in [2.05, 4.69) is 5.32 Å². The molecule has 10 heteroatoms. The number of methoxy groups -OCH3 is 1. The number of aliphatic hydroxyl groups is 2. The minimum Gasteiger partial charge on any atom is -0.453 e. The van der Waals surface area contributed by atoms with E-state index in [1.54, 1.807) is 12.1 Å². The van der Waals surface area contributed by atoms with Crippen molar-refractivity contribution < 1.29 is 33.0 Å². The first-order chi connectivity index (χ1) is 23.6. The van der Waals surface area contributed by atoms with Crippen LogP contribution in [0, 0.1) is 5.92 Å². The highest BCUT2D eigenvalue weighted by atomic mass is 32.2. The van der Waals surface area contributed by atoms with Gasteiger partial charge in [0.1, 0.15) is 6.04 Å². The fraction of sp³-hybridized carbons (Fsp3) is 0.333. The van der Waals surface area contributed by atoms with Crippen LogP contribution in [0.4, 0.5) is 4.79 Å². The molecule has 1 amide bonds. The van der Waals surface area contributed by atoms with E-state index in [0.29, 0.717) is 17.5 Å². The SMILES string of the molecule is COC(=O)N[C@H](C(=O)Cc1cccc(C[C@@H](CO)N(CCC(C)C)S(=O)(=O)c2ccc(CO)cc2)c1)C(c1ccccc1)c1ccccc1. The summed E-state index contributed by atoms with van der Waals surface area (Å²) in [4.78, 5) is 26.8. The maximum Gasteiger partial charge on any atom is 0.407 e. The molecule has 0 saturated carbocycles. The largest absolute Gasteiger partial charge is 0.453 e. The Morgan fingerprint density at radius 2 is 1.39 bits per heavy atom. The fourth-order valence-corrected chi connectivity index (χ4v) is 7.56. The summed E-state index contributed by atoms with van der Waals surface area (Å²) >= 11 is 0. The van der Waals surface area contributed by atoms with Gasteiger partial charge in [0, 0.05) is 18.9 Å². The summed E-state index contributed by atoms with van der Waals surface area (Å²) in [5.74, 6) is -0.487. The highest BCUT2D eigenvalue weighted by Crippen LogP contribution is 2.30. The van der Waals surface area contributed by atoms with Crippen LogP contribution in [0.5, 0.6) is 0 Å². The van der Waals surface area contributed by atoms with Crippen molar-refractivity contribution >= 4 is 21.9 Å². The van der Waals surface area contributed by atoms with Crippen LogP contribution in [0.3, 0.4) is 0 Å². The number of ether oxygens (including phenoxy) is 1. The number of ketones is 1. The number of benzene rings is 4. The van der Waals surface area contributed by atoms with Crippen LogP contribution < -0.4 is 5.32 Å². The van der Waals surface area contributed by atoms with Crippen molar-refractivity contribution in [2.75, 3.05) is 20.3 Å². The highest BCUT2D eigenvalue weighted by Gasteiger charge is 2.34. The van der Waals surface area contributed by atoms with E-state index in [9.17, 15) is 28.2 Å². The van der Waals surface area contributed by atoms with Gasteiger partial charge in [-0.25, -0.2) is 13.2 Å². The Bertz CT molecular complexity index is 1710. The first kappa shape index (κ1) is 37.5. The van der Waals surface area contributed by atoms with Gasteiger partial charge in [-0.3, -0.25) is 4.79 Å². The Morgan fingerprint density at radius 3 is 1.92 bits per heavy atom. The molecule has 0 aliphatic heterocycles. The third-order valence-corrected chi connectivity index (χ3v) is 10.5. The molecule has 0 aromatic heterocycles. The quantitative estimate of drug-likeness (QED) is 0.134. The number of alkyl carbamates (subject to hydrolysis) is 1. The Hall–Kier alpha value is -4.35. The standard InChI is InChI=1S/C39H46N2O7S/c1-28(2)21-22-41(49(46,47)35-19-17-29(26-42)18-20-35)34(27-43)24-30-11-10-12-31(23-30)25-36(44)38(40-39(45)48-3)37(32-13-6-4-7-14-32)33-15-8-5-9-16-33/h4-20,23,28,34,37-38,42-43H,21-22,24-27H2,1-3H3,(H,40,45)/t34-,38+/m0/s1. The van der Waals surface area contributed by atoms with Gasteiger partial charge < -0.3 is 20.3 Å². The second-order valence-corrected chi connectivity index (χ2v) is 14.4. The second-order valence-electron chi connectivity index (χ2n) is 12.5. The molecule has 0 heterocycles. The molecule has 4 aromatic rings. The Morgan fingerprint density at radius 1 is 0.796 bits per heavy atom. The topological polar surface area (TPSA) is 133 Å². The Balaban J connectivity index is 1.63. The monoisotopic (exact) mass is 686 g/mol. The summed E-state index contributed by atoms with van der Waals surface area (Å²) in [5.41, 5.74) is 3.76. The molecule has 260 valence electrons. The van der Waals surface area contributed by atoms with Gasteiger partial charge in [-0.15, -0.1) is 0 Å². The number of amides is 1. The van der Waals surface area contributed by atoms with E-state index in [-0.39, 0.29) is 42.6 Å². The van der Waals surface area contributed by atoms with Crippen LogP contribution >= 0.6 is 0 Å². The van der Waals surface area contributed by atoms with Crippen molar-refractivity contribution in [2.45, 2.75) is 62.6 Å². The predicted molar refractivity (Wildman–Crippen MR) is 189 cm³/mol. The number of hydrogen-bond donors (Lipinski definition) is 3. The minimum absolute atomic E-state index is 0.00493. The van der Waals surface area contributed by atoms with E-state index in [4.69, 9.17) is 4.74 Å². The lowest BCUT2D eigenvalue weighted by atomic mass is 9.82. The molecule has 4 aromatic carbocycles. The van der Waals surface area contributed by atoms with Crippen molar-refractivity contribution in [1.82, 2.24) is 9.62 Å². The average molecular weight is 687 g/mol. The number of nitrogens with one attached hydrogen (secondary N) is 1. The molecule has 9 nitrogen and oxygen atoms in total. The molecule has 49 heavy (non-hydrogen) atoms. The van der Waals surface area contributed by atoms with Gasteiger partial charge >= 0.3 is 6.09 Å². The lowest BCUT2D eigenvalue weighted by Crippen LogP contribution is -2.46. The van der Waals surface area contributed by atoms with E-state index >= 15 is 0 Å². The number of sulfonamides is 1. The molecule has 0 bridgehead atoms. The van der Waals surface area contributed by atoms with Gasteiger partial charge in [0.25, 0.3) is 0 Å². The highest BCUT2D eigenvalue weighted by molar-refractivity contribution is 7.89. The van der Waals surface area contributed by atoms with Gasteiger partial charge in [-0.1, -0.05) is 111 Å². The third kappa shape index (κ3) is 10.1. The van der Waals surface area contributed by atoms with Crippen LogP contribution in [0.15, 0.2) is 114 Å². The summed E-state index contributed by atoms with van der Waals surface area (Å²) in [6, 6.07) is 30.7. The van der Waals surface area contributed by atoms with Gasteiger partial charge in [-0.05, 0) is 58.7 Å². The van der Waals surface area contributed by atoms with Crippen LogP contribution in [0.25, 0.3) is 0 Å². The molecule has 3 N–H and O–H groups in total. The normalized spacial score (nSPS) is 13.0. The maximum absolute atomic E-state index is 14.1. The number of aliphatic hydroxyl groups excluding tert-OH is 2. The van der Waals surface area contributed by atoms with Crippen LogP contribution in [-0.2, 0) is 39.0 Å². The minimum atomic E-state index is -3.98. The molecule has 0 aliphatic rings. The summed E-state index contributed by atoms with van der Waals surface area (Å²) in [6.07, 6.45) is 0.0842. The van der Waals surface area contributed by atoms with E-state index in [0.717, 1.165) is 16.7 Å². The predicted octanol–water partition coefficient (Wildman–Crippen LogP) is 5.49. The molecule has 0 fully saturated rings. The molecule has 0 saturated heterocycles. The lowest BCUT2D eigenvalue weighted by molar-refractivity contribution is -0.120.